The fraction of sp³-hybridized carbons (Fsp3) is 0.412. The largest absolute Gasteiger partial charge is 0.464 e. The van der Waals surface area contributed by atoms with Gasteiger partial charge < -0.3 is 14.6 Å². The Bertz CT molecular complexity index is 547. The minimum Gasteiger partial charge on any atom is -0.464 e. The van der Waals surface area contributed by atoms with E-state index < -0.39 is 0 Å². The van der Waals surface area contributed by atoms with Gasteiger partial charge in [-0.2, -0.15) is 0 Å². The molecule has 3 nitrogen and oxygen atoms in total. The molecule has 0 aliphatic rings. The average molecular weight is 272 g/mol. The van der Waals surface area contributed by atoms with E-state index in [9.17, 15) is 0 Å². The van der Waals surface area contributed by atoms with Gasteiger partial charge in [0.1, 0.15) is 11.5 Å². The van der Waals surface area contributed by atoms with E-state index in [0.717, 1.165) is 24.6 Å². The summed E-state index contributed by atoms with van der Waals surface area (Å²) in [5.41, 5.74) is 2.56. The molecule has 1 N–H and O–H groups in total. The summed E-state index contributed by atoms with van der Waals surface area (Å²) in [7, 11) is 2.11. The number of aryl methyl sites for hydroxylation is 1. The van der Waals surface area contributed by atoms with Crippen LogP contribution in [0.4, 0.5) is 5.69 Å². The number of rotatable bonds is 6. The van der Waals surface area contributed by atoms with E-state index in [1.807, 2.05) is 19.1 Å². The summed E-state index contributed by atoms with van der Waals surface area (Å²) < 4.78 is 5.67. The Morgan fingerprint density at radius 3 is 2.60 bits per heavy atom. The van der Waals surface area contributed by atoms with Crippen molar-refractivity contribution in [2.24, 2.45) is 0 Å². The first-order valence-electron chi connectivity index (χ1n) is 7.20. The van der Waals surface area contributed by atoms with Crippen molar-refractivity contribution in [1.29, 1.82) is 0 Å². The van der Waals surface area contributed by atoms with Crippen molar-refractivity contribution in [2.45, 2.75) is 33.4 Å². The van der Waals surface area contributed by atoms with Crippen LogP contribution in [0.3, 0.4) is 0 Å². The maximum absolute atomic E-state index is 5.67. The van der Waals surface area contributed by atoms with Crippen molar-refractivity contribution in [3.63, 3.8) is 0 Å². The van der Waals surface area contributed by atoms with Crippen molar-refractivity contribution in [2.75, 3.05) is 18.5 Å². The summed E-state index contributed by atoms with van der Waals surface area (Å²) >= 11 is 0. The fourth-order valence-corrected chi connectivity index (χ4v) is 2.51. The highest BCUT2D eigenvalue weighted by Gasteiger charge is 2.13. The van der Waals surface area contributed by atoms with Gasteiger partial charge in [0.25, 0.3) is 0 Å². The monoisotopic (exact) mass is 272 g/mol. The minimum absolute atomic E-state index is 0.344. The Kier molecular flexibility index (Phi) is 4.85. The second-order valence-corrected chi connectivity index (χ2v) is 5.21. The smallest absolute Gasteiger partial charge is 0.123 e. The minimum atomic E-state index is 0.344. The van der Waals surface area contributed by atoms with Crippen LogP contribution >= 0.6 is 0 Å². The van der Waals surface area contributed by atoms with E-state index >= 15 is 0 Å². The fourth-order valence-electron chi connectivity index (χ4n) is 2.51. The van der Waals surface area contributed by atoms with Crippen molar-refractivity contribution >= 4 is 5.69 Å². The molecule has 0 amide bonds. The van der Waals surface area contributed by atoms with Crippen molar-refractivity contribution in [3.8, 4) is 0 Å². The zero-order valence-corrected chi connectivity index (χ0v) is 12.8. The molecule has 0 aliphatic heterocycles. The van der Waals surface area contributed by atoms with Crippen LogP contribution in [-0.4, -0.2) is 13.6 Å². The van der Waals surface area contributed by atoms with Gasteiger partial charge in [-0.3, -0.25) is 0 Å². The summed E-state index contributed by atoms with van der Waals surface area (Å²) in [5, 5.41) is 3.47. The Balaban J connectivity index is 2.18. The van der Waals surface area contributed by atoms with Crippen LogP contribution in [0.1, 0.15) is 37.0 Å². The predicted molar refractivity (Wildman–Crippen MR) is 84.1 cm³/mol. The molecule has 2 aromatic rings. The SMILES string of the molecule is CCNC(C)c1ccccc1N(C)Cc1ccc(C)o1. The first kappa shape index (κ1) is 14.7. The Morgan fingerprint density at radius 2 is 1.95 bits per heavy atom. The summed E-state index contributed by atoms with van der Waals surface area (Å²) in [6.07, 6.45) is 0. The van der Waals surface area contributed by atoms with Crippen molar-refractivity contribution in [3.05, 3.63) is 53.5 Å². The Labute approximate surface area is 121 Å². The van der Waals surface area contributed by atoms with Gasteiger partial charge in [0.05, 0.1) is 6.54 Å². The molecule has 0 spiro atoms. The topological polar surface area (TPSA) is 28.4 Å². The van der Waals surface area contributed by atoms with Gasteiger partial charge in [0.15, 0.2) is 0 Å². The number of anilines is 1. The number of benzene rings is 1. The van der Waals surface area contributed by atoms with Gasteiger partial charge in [-0.25, -0.2) is 0 Å². The quantitative estimate of drug-likeness (QED) is 0.864. The van der Waals surface area contributed by atoms with Gasteiger partial charge in [-0.05, 0) is 44.2 Å². The lowest BCUT2D eigenvalue weighted by molar-refractivity contribution is 0.481. The Morgan fingerprint density at radius 1 is 1.20 bits per heavy atom. The molecule has 2 rings (SSSR count). The van der Waals surface area contributed by atoms with E-state index in [1.54, 1.807) is 0 Å². The second kappa shape index (κ2) is 6.62. The van der Waals surface area contributed by atoms with Crippen LogP contribution < -0.4 is 10.2 Å². The number of hydrogen-bond acceptors (Lipinski definition) is 3. The third-order valence-electron chi connectivity index (χ3n) is 3.51. The molecule has 1 unspecified atom stereocenters. The number of nitrogens with zero attached hydrogens (tertiary/aromatic N) is 1. The second-order valence-electron chi connectivity index (χ2n) is 5.21. The number of para-hydroxylation sites is 1. The molecule has 0 radical (unpaired) electrons. The van der Waals surface area contributed by atoms with Crippen molar-refractivity contribution in [1.82, 2.24) is 5.32 Å². The highest BCUT2D eigenvalue weighted by atomic mass is 16.3. The average Bonchev–Trinajstić information content (AvgIpc) is 2.84. The van der Waals surface area contributed by atoms with Crippen LogP contribution in [-0.2, 0) is 6.54 Å². The number of hydrogen-bond donors (Lipinski definition) is 1. The van der Waals surface area contributed by atoms with E-state index in [-0.39, 0.29) is 0 Å². The van der Waals surface area contributed by atoms with Crippen LogP contribution in [0.2, 0.25) is 0 Å². The molecule has 0 saturated carbocycles. The van der Waals surface area contributed by atoms with E-state index in [0.29, 0.717) is 6.04 Å². The molecule has 0 saturated heterocycles. The molecule has 20 heavy (non-hydrogen) atoms. The summed E-state index contributed by atoms with van der Waals surface area (Å²) in [6.45, 7) is 8.06. The molecule has 1 aromatic heterocycles. The maximum Gasteiger partial charge on any atom is 0.123 e. The van der Waals surface area contributed by atoms with Gasteiger partial charge >= 0.3 is 0 Å². The summed E-state index contributed by atoms with van der Waals surface area (Å²) in [6, 6.07) is 12.9. The lowest BCUT2D eigenvalue weighted by Crippen LogP contribution is -2.23. The van der Waals surface area contributed by atoms with Crippen LogP contribution in [0, 0.1) is 6.92 Å². The number of furan rings is 1. The van der Waals surface area contributed by atoms with E-state index in [1.165, 1.54) is 11.3 Å². The van der Waals surface area contributed by atoms with E-state index in [2.05, 4.69) is 55.4 Å². The maximum atomic E-state index is 5.67. The number of nitrogens with one attached hydrogen (secondary N) is 1. The summed E-state index contributed by atoms with van der Waals surface area (Å²) in [4.78, 5) is 2.24. The first-order chi connectivity index (χ1) is 9.61. The third kappa shape index (κ3) is 3.42. The van der Waals surface area contributed by atoms with Gasteiger partial charge in [0, 0.05) is 18.8 Å². The lowest BCUT2D eigenvalue weighted by atomic mass is 10.1. The molecule has 0 bridgehead atoms. The van der Waals surface area contributed by atoms with E-state index in [4.69, 9.17) is 4.42 Å². The highest BCUT2D eigenvalue weighted by Crippen LogP contribution is 2.26. The van der Waals surface area contributed by atoms with Gasteiger partial charge in [-0.15, -0.1) is 0 Å². The molecular weight excluding hydrogens is 248 g/mol. The summed E-state index contributed by atoms with van der Waals surface area (Å²) in [5.74, 6) is 1.96. The molecular formula is C17H24N2O. The van der Waals surface area contributed by atoms with Gasteiger partial charge in [0.2, 0.25) is 0 Å². The van der Waals surface area contributed by atoms with Crippen LogP contribution in [0.5, 0.6) is 0 Å². The zero-order valence-electron chi connectivity index (χ0n) is 12.8. The Hall–Kier alpha value is -1.74. The molecule has 0 fully saturated rings. The molecule has 1 aromatic carbocycles. The zero-order chi connectivity index (χ0) is 14.5. The normalized spacial score (nSPS) is 12.4. The molecule has 3 heteroatoms. The predicted octanol–water partition coefficient (Wildman–Crippen LogP) is 3.89. The van der Waals surface area contributed by atoms with Crippen molar-refractivity contribution < 1.29 is 4.42 Å². The molecule has 0 aliphatic carbocycles. The van der Waals surface area contributed by atoms with Gasteiger partial charge in [-0.1, -0.05) is 25.1 Å². The molecule has 1 heterocycles. The van der Waals surface area contributed by atoms with Crippen LogP contribution in [0.15, 0.2) is 40.8 Å². The third-order valence-corrected chi connectivity index (χ3v) is 3.51. The van der Waals surface area contributed by atoms with Crippen LogP contribution in [0.25, 0.3) is 0 Å². The molecule has 1 atom stereocenters. The standard InChI is InChI=1S/C17H24N2O/c1-5-18-14(3)16-8-6-7-9-17(16)19(4)12-15-11-10-13(2)20-15/h6-11,14,18H,5,12H2,1-4H3. The lowest BCUT2D eigenvalue weighted by Gasteiger charge is -2.24. The first-order valence-corrected chi connectivity index (χ1v) is 7.20. The highest BCUT2D eigenvalue weighted by molar-refractivity contribution is 5.54. The molecule has 108 valence electrons.